The minimum Gasteiger partial charge on any atom is -0.497 e. The number of nitrogens with zero attached hydrogens (tertiary/aromatic N) is 2. The minimum atomic E-state index is -0.226. The zero-order valence-corrected chi connectivity index (χ0v) is 11.8. The van der Waals surface area contributed by atoms with Gasteiger partial charge >= 0.3 is 0 Å². The van der Waals surface area contributed by atoms with Crippen LogP contribution in [0.5, 0.6) is 5.75 Å². The van der Waals surface area contributed by atoms with Gasteiger partial charge in [-0.1, -0.05) is 6.07 Å². The molecule has 2 aromatic rings. The van der Waals surface area contributed by atoms with Gasteiger partial charge in [0.25, 0.3) is 5.91 Å². The zero-order valence-electron chi connectivity index (χ0n) is 11.8. The quantitative estimate of drug-likeness (QED) is 0.876. The van der Waals surface area contributed by atoms with Crippen molar-refractivity contribution in [2.75, 3.05) is 24.8 Å². The molecule has 2 aromatic carbocycles. The number of rotatable bonds is 3. The molecule has 0 bridgehead atoms. The molecule has 0 heterocycles. The van der Waals surface area contributed by atoms with E-state index in [9.17, 15) is 4.79 Å². The monoisotopic (exact) mass is 281 g/mol. The van der Waals surface area contributed by atoms with Crippen LogP contribution in [0.4, 0.5) is 11.4 Å². The maximum absolute atomic E-state index is 12.5. The van der Waals surface area contributed by atoms with Gasteiger partial charge in [0.2, 0.25) is 0 Å². The molecule has 0 atom stereocenters. The summed E-state index contributed by atoms with van der Waals surface area (Å²) in [6, 6.07) is 13.8. The summed E-state index contributed by atoms with van der Waals surface area (Å²) in [5.41, 5.74) is 7.78. The number of nitrogens with two attached hydrogens (primary N) is 1. The Morgan fingerprint density at radius 3 is 2.71 bits per heavy atom. The van der Waals surface area contributed by atoms with Gasteiger partial charge in [0.05, 0.1) is 18.7 Å². The summed E-state index contributed by atoms with van der Waals surface area (Å²) in [6.07, 6.45) is 0. The van der Waals surface area contributed by atoms with E-state index in [0.717, 1.165) is 0 Å². The largest absolute Gasteiger partial charge is 0.497 e. The first-order chi connectivity index (χ1) is 10.0. The number of hydrogen-bond acceptors (Lipinski definition) is 4. The summed E-state index contributed by atoms with van der Waals surface area (Å²) in [5, 5.41) is 8.92. The number of benzene rings is 2. The van der Waals surface area contributed by atoms with Crippen molar-refractivity contribution in [2.24, 2.45) is 0 Å². The second-order valence-corrected chi connectivity index (χ2v) is 4.52. The lowest BCUT2D eigenvalue weighted by Crippen LogP contribution is -2.26. The number of carbonyl (C=O) groups excluding carboxylic acids is 1. The highest BCUT2D eigenvalue weighted by atomic mass is 16.5. The molecular formula is C16H15N3O2. The molecule has 0 aliphatic rings. The van der Waals surface area contributed by atoms with Crippen LogP contribution in [0.1, 0.15) is 15.9 Å². The van der Waals surface area contributed by atoms with E-state index in [1.165, 1.54) is 12.0 Å². The van der Waals surface area contributed by atoms with E-state index in [-0.39, 0.29) is 5.91 Å². The van der Waals surface area contributed by atoms with E-state index in [4.69, 9.17) is 15.7 Å². The predicted octanol–water partition coefficient (Wildman–Crippen LogP) is 2.43. The molecular weight excluding hydrogens is 266 g/mol. The van der Waals surface area contributed by atoms with Gasteiger partial charge in [-0.15, -0.1) is 0 Å². The lowest BCUT2D eigenvalue weighted by molar-refractivity contribution is 0.0992. The van der Waals surface area contributed by atoms with Crippen LogP contribution in [-0.2, 0) is 0 Å². The van der Waals surface area contributed by atoms with Crippen molar-refractivity contribution < 1.29 is 9.53 Å². The van der Waals surface area contributed by atoms with Gasteiger partial charge in [0.1, 0.15) is 5.75 Å². The fourth-order valence-electron chi connectivity index (χ4n) is 1.96. The fourth-order valence-corrected chi connectivity index (χ4v) is 1.96. The molecule has 5 nitrogen and oxygen atoms in total. The Morgan fingerprint density at radius 2 is 2.05 bits per heavy atom. The van der Waals surface area contributed by atoms with Crippen LogP contribution >= 0.6 is 0 Å². The maximum atomic E-state index is 12.5. The van der Waals surface area contributed by atoms with E-state index in [1.54, 1.807) is 49.5 Å². The van der Waals surface area contributed by atoms with Crippen molar-refractivity contribution in [3.05, 3.63) is 53.6 Å². The summed E-state index contributed by atoms with van der Waals surface area (Å²) in [5.74, 6) is 0.299. The normalized spacial score (nSPS) is 9.76. The molecule has 21 heavy (non-hydrogen) atoms. The van der Waals surface area contributed by atoms with Gasteiger partial charge in [-0.2, -0.15) is 5.26 Å². The topological polar surface area (TPSA) is 79.3 Å². The standard InChI is InChI=1S/C16H15N3O2/c1-19(14-5-3-4-11(6-14)10-17)16(20)12-7-13(18)9-15(8-12)21-2/h3-9H,18H2,1-2H3. The highest BCUT2D eigenvalue weighted by Crippen LogP contribution is 2.22. The summed E-state index contributed by atoms with van der Waals surface area (Å²) in [6.45, 7) is 0. The second kappa shape index (κ2) is 5.97. The SMILES string of the molecule is COc1cc(N)cc(C(=O)N(C)c2cccc(C#N)c2)c1. The molecule has 0 unspecified atom stereocenters. The third-order valence-electron chi connectivity index (χ3n) is 3.08. The number of hydrogen-bond donors (Lipinski definition) is 1. The highest BCUT2D eigenvalue weighted by Gasteiger charge is 2.15. The van der Waals surface area contributed by atoms with Crippen LogP contribution in [0.3, 0.4) is 0 Å². The number of ether oxygens (including phenoxy) is 1. The van der Waals surface area contributed by atoms with E-state index in [0.29, 0.717) is 28.3 Å². The molecule has 0 spiro atoms. The molecule has 0 aliphatic heterocycles. The zero-order chi connectivity index (χ0) is 15.4. The molecule has 0 saturated carbocycles. The Bertz CT molecular complexity index is 720. The number of amides is 1. The first kappa shape index (κ1) is 14.4. The first-order valence-corrected chi connectivity index (χ1v) is 6.28. The predicted molar refractivity (Wildman–Crippen MR) is 81.3 cm³/mol. The van der Waals surface area contributed by atoms with Crippen LogP contribution in [0, 0.1) is 11.3 Å². The second-order valence-electron chi connectivity index (χ2n) is 4.52. The van der Waals surface area contributed by atoms with Gasteiger partial charge in [0, 0.05) is 30.1 Å². The average Bonchev–Trinajstić information content (AvgIpc) is 2.52. The van der Waals surface area contributed by atoms with E-state index in [1.807, 2.05) is 0 Å². The number of methoxy groups -OCH3 is 1. The Balaban J connectivity index is 2.35. The van der Waals surface area contributed by atoms with Crippen molar-refractivity contribution in [1.82, 2.24) is 0 Å². The van der Waals surface area contributed by atoms with Crippen LogP contribution in [-0.4, -0.2) is 20.1 Å². The number of nitriles is 1. The van der Waals surface area contributed by atoms with Crippen molar-refractivity contribution in [2.45, 2.75) is 0 Å². The van der Waals surface area contributed by atoms with E-state index in [2.05, 4.69) is 6.07 Å². The molecule has 0 radical (unpaired) electrons. The van der Waals surface area contributed by atoms with E-state index < -0.39 is 0 Å². The fraction of sp³-hybridized carbons (Fsp3) is 0.125. The van der Waals surface area contributed by atoms with Gasteiger partial charge in [0.15, 0.2) is 0 Å². The van der Waals surface area contributed by atoms with Gasteiger partial charge in [-0.05, 0) is 30.3 Å². The molecule has 0 fully saturated rings. The van der Waals surface area contributed by atoms with Crippen LogP contribution in [0.25, 0.3) is 0 Å². The Labute approximate surface area is 123 Å². The van der Waals surface area contributed by atoms with Crippen LogP contribution in [0.15, 0.2) is 42.5 Å². The van der Waals surface area contributed by atoms with Gasteiger partial charge in [-0.25, -0.2) is 0 Å². The van der Waals surface area contributed by atoms with Crippen molar-refractivity contribution in [3.8, 4) is 11.8 Å². The van der Waals surface area contributed by atoms with Crippen LogP contribution < -0.4 is 15.4 Å². The first-order valence-electron chi connectivity index (χ1n) is 6.28. The third-order valence-corrected chi connectivity index (χ3v) is 3.08. The number of carbonyl (C=O) groups is 1. The Hall–Kier alpha value is -3.00. The summed E-state index contributed by atoms with van der Waals surface area (Å²) in [7, 11) is 3.16. The number of nitrogen functional groups attached to an aromatic ring is 1. The summed E-state index contributed by atoms with van der Waals surface area (Å²) < 4.78 is 5.11. The molecule has 2 rings (SSSR count). The molecule has 2 N–H and O–H groups in total. The Kier molecular flexibility index (Phi) is 4.10. The average molecular weight is 281 g/mol. The molecule has 5 heteroatoms. The molecule has 106 valence electrons. The van der Waals surface area contributed by atoms with Crippen molar-refractivity contribution >= 4 is 17.3 Å². The minimum absolute atomic E-state index is 0.226. The molecule has 0 saturated heterocycles. The van der Waals surface area contributed by atoms with Crippen LogP contribution in [0.2, 0.25) is 0 Å². The molecule has 0 aromatic heterocycles. The van der Waals surface area contributed by atoms with Gasteiger partial charge in [-0.3, -0.25) is 4.79 Å². The molecule has 0 aliphatic carbocycles. The third kappa shape index (κ3) is 3.12. The van der Waals surface area contributed by atoms with Gasteiger partial charge < -0.3 is 15.4 Å². The lowest BCUT2D eigenvalue weighted by atomic mass is 10.1. The molecule has 1 amide bonds. The highest BCUT2D eigenvalue weighted by molar-refractivity contribution is 6.06. The van der Waals surface area contributed by atoms with Crippen molar-refractivity contribution in [1.29, 1.82) is 5.26 Å². The van der Waals surface area contributed by atoms with E-state index >= 15 is 0 Å². The summed E-state index contributed by atoms with van der Waals surface area (Å²) in [4.78, 5) is 14.0. The number of anilines is 2. The Morgan fingerprint density at radius 1 is 1.29 bits per heavy atom. The van der Waals surface area contributed by atoms with Crippen molar-refractivity contribution in [3.63, 3.8) is 0 Å². The lowest BCUT2D eigenvalue weighted by Gasteiger charge is -2.18. The smallest absolute Gasteiger partial charge is 0.258 e. The summed E-state index contributed by atoms with van der Waals surface area (Å²) >= 11 is 0. The maximum Gasteiger partial charge on any atom is 0.258 e.